The van der Waals surface area contributed by atoms with E-state index < -0.39 is 16.8 Å². The molecule has 0 bridgehead atoms. The Morgan fingerprint density at radius 2 is 2.00 bits per heavy atom. The largest absolute Gasteiger partial charge is 0.468 e. The van der Waals surface area contributed by atoms with E-state index in [4.69, 9.17) is 27.9 Å². The normalized spacial score (nSPS) is 11.6. The van der Waals surface area contributed by atoms with Gasteiger partial charge in [-0.3, -0.25) is 19.7 Å². The summed E-state index contributed by atoms with van der Waals surface area (Å²) in [5.74, 6) is -1.34. The minimum atomic E-state index is -0.782. The van der Waals surface area contributed by atoms with E-state index in [9.17, 15) is 19.7 Å². The van der Waals surface area contributed by atoms with Gasteiger partial charge in [0.05, 0.1) is 37.9 Å². The first-order valence-electron chi connectivity index (χ1n) is 7.69. The van der Waals surface area contributed by atoms with Gasteiger partial charge < -0.3 is 9.30 Å². The van der Waals surface area contributed by atoms with Gasteiger partial charge in [-0.25, -0.2) is 0 Å². The lowest BCUT2D eigenvalue weighted by Gasteiger charge is -2.05. The number of hydrogen-bond acceptors (Lipinski definition) is 6. The molecule has 1 aromatic heterocycles. The van der Waals surface area contributed by atoms with Gasteiger partial charge in [-0.1, -0.05) is 40.6 Å². The van der Waals surface area contributed by atoms with Crippen LogP contribution in [0.5, 0.6) is 0 Å². The second kappa shape index (κ2) is 8.09. The van der Waals surface area contributed by atoms with Gasteiger partial charge in [0.25, 0.3) is 11.6 Å². The summed E-state index contributed by atoms with van der Waals surface area (Å²) < 4.78 is 6.85. The molecule has 0 aliphatic rings. The first-order chi connectivity index (χ1) is 13.3. The van der Waals surface area contributed by atoms with Crippen molar-refractivity contribution < 1.29 is 19.2 Å². The fourth-order valence-corrected chi connectivity index (χ4v) is 4.04. The lowest BCUT2D eigenvalue weighted by Crippen LogP contribution is -2.22. The van der Waals surface area contributed by atoms with E-state index in [1.807, 2.05) is 0 Å². The molecule has 0 aliphatic heterocycles. The standard InChI is InChI=1S/C17H11Cl2N3O5S/c1-27-14(23)8-21-15-12(19)3-2-4-13(15)28-17(21)20-16(24)10-7-9(22(25)26)5-6-11(10)18/h2-7H,8H2,1H3. The minimum Gasteiger partial charge on any atom is -0.468 e. The van der Waals surface area contributed by atoms with Crippen LogP contribution < -0.4 is 4.80 Å². The van der Waals surface area contributed by atoms with Crippen molar-refractivity contribution in [3.05, 3.63) is 66.9 Å². The summed E-state index contributed by atoms with van der Waals surface area (Å²) in [6, 6.07) is 8.64. The average Bonchev–Trinajstić information content (AvgIpc) is 2.99. The molecule has 11 heteroatoms. The van der Waals surface area contributed by atoms with Crippen LogP contribution >= 0.6 is 34.5 Å². The van der Waals surface area contributed by atoms with Crippen molar-refractivity contribution in [1.82, 2.24) is 4.57 Å². The number of carbonyl (C=O) groups is 2. The summed E-state index contributed by atoms with van der Waals surface area (Å²) in [6.07, 6.45) is 0. The Morgan fingerprint density at radius 3 is 2.68 bits per heavy atom. The number of halogens is 2. The molecule has 28 heavy (non-hydrogen) atoms. The third-order valence-electron chi connectivity index (χ3n) is 3.76. The van der Waals surface area contributed by atoms with E-state index in [0.29, 0.717) is 15.2 Å². The molecule has 0 radical (unpaired) electrons. The van der Waals surface area contributed by atoms with Crippen molar-refractivity contribution in [1.29, 1.82) is 0 Å². The number of hydrogen-bond donors (Lipinski definition) is 0. The van der Waals surface area contributed by atoms with Crippen LogP contribution in [0.2, 0.25) is 10.0 Å². The Bertz CT molecular complexity index is 1190. The summed E-state index contributed by atoms with van der Waals surface area (Å²) in [5.41, 5.74) is 0.116. The van der Waals surface area contributed by atoms with Gasteiger partial charge in [0, 0.05) is 12.1 Å². The monoisotopic (exact) mass is 439 g/mol. The second-order valence-electron chi connectivity index (χ2n) is 5.47. The summed E-state index contributed by atoms with van der Waals surface area (Å²) in [4.78, 5) is 39.0. The van der Waals surface area contributed by atoms with Crippen LogP contribution in [0.25, 0.3) is 10.2 Å². The minimum absolute atomic E-state index is 0.0259. The zero-order valence-corrected chi connectivity index (χ0v) is 16.5. The summed E-state index contributed by atoms with van der Waals surface area (Å²) in [5, 5.41) is 11.4. The summed E-state index contributed by atoms with van der Waals surface area (Å²) in [7, 11) is 1.24. The number of ether oxygens (including phenoxy) is 1. The highest BCUT2D eigenvalue weighted by Crippen LogP contribution is 2.26. The number of esters is 1. The molecule has 3 rings (SSSR count). The van der Waals surface area contributed by atoms with Crippen LogP contribution in [-0.2, 0) is 16.1 Å². The first-order valence-corrected chi connectivity index (χ1v) is 9.26. The van der Waals surface area contributed by atoms with Gasteiger partial charge in [-0.2, -0.15) is 4.99 Å². The number of nitrogens with zero attached hydrogens (tertiary/aromatic N) is 3. The number of fused-ring (bicyclic) bond motifs is 1. The fraction of sp³-hybridized carbons (Fsp3) is 0.118. The molecule has 0 fully saturated rings. The van der Waals surface area contributed by atoms with Crippen LogP contribution in [0.3, 0.4) is 0 Å². The van der Waals surface area contributed by atoms with E-state index in [-0.39, 0.29) is 27.6 Å². The number of carbonyl (C=O) groups excluding carboxylic acids is 2. The molecule has 0 atom stereocenters. The zero-order chi connectivity index (χ0) is 20.4. The quantitative estimate of drug-likeness (QED) is 0.349. The maximum atomic E-state index is 12.6. The molecular formula is C17H11Cl2N3O5S. The van der Waals surface area contributed by atoms with E-state index in [2.05, 4.69) is 4.99 Å². The molecule has 1 amide bonds. The van der Waals surface area contributed by atoms with Gasteiger partial charge in [-0.05, 0) is 18.2 Å². The SMILES string of the molecule is COC(=O)Cn1c(=NC(=O)c2cc([N+](=O)[O-])ccc2Cl)sc2cccc(Cl)c21. The van der Waals surface area contributed by atoms with E-state index in [0.717, 1.165) is 17.4 Å². The van der Waals surface area contributed by atoms with Crippen LogP contribution in [0.4, 0.5) is 5.69 Å². The number of benzene rings is 2. The number of amides is 1. The summed E-state index contributed by atoms with van der Waals surface area (Å²) in [6.45, 7) is -0.213. The molecule has 0 aliphatic carbocycles. The van der Waals surface area contributed by atoms with Gasteiger partial charge in [0.15, 0.2) is 4.80 Å². The molecule has 2 aromatic carbocycles. The number of rotatable bonds is 4. The topological polar surface area (TPSA) is 104 Å². The number of para-hydroxylation sites is 1. The Hall–Kier alpha value is -2.75. The zero-order valence-electron chi connectivity index (χ0n) is 14.2. The van der Waals surface area contributed by atoms with Crippen molar-refractivity contribution in [2.24, 2.45) is 4.99 Å². The Balaban J connectivity index is 2.19. The molecule has 3 aromatic rings. The number of methoxy groups -OCH3 is 1. The van der Waals surface area contributed by atoms with E-state index in [1.165, 1.54) is 23.8 Å². The third-order valence-corrected chi connectivity index (χ3v) is 5.43. The molecule has 0 unspecified atom stereocenters. The van der Waals surface area contributed by atoms with Crippen LogP contribution in [-0.4, -0.2) is 28.5 Å². The maximum Gasteiger partial charge on any atom is 0.325 e. The lowest BCUT2D eigenvalue weighted by molar-refractivity contribution is -0.384. The van der Waals surface area contributed by atoms with Gasteiger partial charge in [0.2, 0.25) is 0 Å². The van der Waals surface area contributed by atoms with Crippen molar-refractivity contribution in [3.8, 4) is 0 Å². The van der Waals surface area contributed by atoms with Gasteiger partial charge >= 0.3 is 5.97 Å². The molecule has 0 saturated carbocycles. The maximum absolute atomic E-state index is 12.6. The third kappa shape index (κ3) is 3.91. The Morgan fingerprint density at radius 1 is 1.25 bits per heavy atom. The van der Waals surface area contributed by atoms with E-state index >= 15 is 0 Å². The Kier molecular flexibility index (Phi) is 5.78. The van der Waals surface area contributed by atoms with Crippen LogP contribution in [0.15, 0.2) is 41.4 Å². The number of thiazole rings is 1. The number of nitro benzene ring substituents is 1. The van der Waals surface area contributed by atoms with Crippen LogP contribution in [0, 0.1) is 10.1 Å². The van der Waals surface area contributed by atoms with Crippen LogP contribution in [0.1, 0.15) is 10.4 Å². The van der Waals surface area contributed by atoms with Gasteiger partial charge in [-0.15, -0.1) is 0 Å². The van der Waals surface area contributed by atoms with Crippen molar-refractivity contribution >= 4 is 62.3 Å². The summed E-state index contributed by atoms with van der Waals surface area (Å²) >= 11 is 13.4. The highest BCUT2D eigenvalue weighted by Gasteiger charge is 2.18. The highest BCUT2D eigenvalue weighted by molar-refractivity contribution is 7.16. The predicted octanol–water partition coefficient (Wildman–Crippen LogP) is 3.83. The van der Waals surface area contributed by atoms with Crippen molar-refractivity contribution in [2.45, 2.75) is 6.54 Å². The molecule has 0 saturated heterocycles. The Labute approximate surface area is 171 Å². The van der Waals surface area contributed by atoms with Gasteiger partial charge in [0.1, 0.15) is 6.54 Å². The lowest BCUT2D eigenvalue weighted by atomic mass is 10.2. The number of aromatic nitrogens is 1. The molecule has 0 spiro atoms. The smallest absolute Gasteiger partial charge is 0.325 e. The predicted molar refractivity (Wildman–Crippen MR) is 105 cm³/mol. The van der Waals surface area contributed by atoms with Crippen molar-refractivity contribution in [2.75, 3.05) is 7.11 Å². The average molecular weight is 440 g/mol. The second-order valence-corrected chi connectivity index (χ2v) is 7.30. The molecule has 144 valence electrons. The molecule has 8 nitrogen and oxygen atoms in total. The number of non-ortho nitro benzene ring substituents is 1. The first kappa shape index (κ1) is 20.0. The fourth-order valence-electron chi connectivity index (χ4n) is 2.45. The molecule has 1 heterocycles. The van der Waals surface area contributed by atoms with E-state index in [1.54, 1.807) is 18.2 Å². The highest BCUT2D eigenvalue weighted by atomic mass is 35.5. The molecular weight excluding hydrogens is 429 g/mol. The number of nitro groups is 1. The van der Waals surface area contributed by atoms with Crippen molar-refractivity contribution in [3.63, 3.8) is 0 Å². The molecule has 0 N–H and O–H groups in total.